The van der Waals surface area contributed by atoms with E-state index in [2.05, 4.69) is 78.0 Å². The van der Waals surface area contributed by atoms with Gasteiger partial charge in [0.2, 0.25) is 0 Å². The highest BCUT2D eigenvalue weighted by molar-refractivity contribution is 5.77. The van der Waals surface area contributed by atoms with Gasteiger partial charge in [-0.2, -0.15) is 0 Å². The van der Waals surface area contributed by atoms with Gasteiger partial charge in [-0.25, -0.2) is 9.59 Å². The Labute approximate surface area is 321 Å². The molecule has 0 bridgehead atoms. The monoisotopic (exact) mass is 738 g/mol. The number of likely N-dealkylation sites (tertiary alicyclic amines) is 2. The lowest BCUT2D eigenvalue weighted by Crippen LogP contribution is -2.36. The highest BCUT2D eigenvalue weighted by Crippen LogP contribution is 2.28. The molecule has 2 heterocycles. The average Bonchev–Trinajstić information content (AvgIpc) is 3.81. The van der Waals surface area contributed by atoms with Crippen LogP contribution in [0.25, 0.3) is 0 Å². The third-order valence-corrected chi connectivity index (χ3v) is 9.99. The van der Waals surface area contributed by atoms with Crippen LogP contribution in [0.4, 0.5) is 0 Å². The highest BCUT2D eigenvalue weighted by atomic mass is 16.5. The summed E-state index contributed by atoms with van der Waals surface area (Å²) in [6, 6.07) is 15.6. The highest BCUT2D eigenvalue weighted by Gasteiger charge is 2.39. The van der Waals surface area contributed by atoms with Gasteiger partial charge in [-0.1, -0.05) is 80.1 Å². The molecule has 11 heteroatoms. The van der Waals surface area contributed by atoms with Gasteiger partial charge in [0.15, 0.2) is 12.5 Å². The summed E-state index contributed by atoms with van der Waals surface area (Å²) in [6.07, 6.45) is 5.42. The van der Waals surface area contributed by atoms with Gasteiger partial charge < -0.3 is 46.1 Å². The summed E-state index contributed by atoms with van der Waals surface area (Å²) < 4.78 is 16.0. The van der Waals surface area contributed by atoms with Crippen molar-refractivity contribution in [2.24, 2.45) is 11.5 Å². The van der Waals surface area contributed by atoms with Gasteiger partial charge in [0.25, 0.3) is 0 Å². The molecule has 0 aliphatic carbocycles. The molecule has 2 fully saturated rings. The smallest absolute Gasteiger partial charge is 0.328 e. The van der Waals surface area contributed by atoms with Crippen molar-refractivity contribution in [1.29, 1.82) is 0 Å². The maximum atomic E-state index is 12.7. The van der Waals surface area contributed by atoms with Crippen LogP contribution in [0.5, 0.6) is 0 Å². The summed E-state index contributed by atoms with van der Waals surface area (Å²) in [4.78, 5) is 29.4. The molecule has 0 aromatic heterocycles. The molecule has 4 unspecified atom stereocenters. The van der Waals surface area contributed by atoms with Crippen molar-refractivity contribution < 1.29 is 23.8 Å². The van der Waals surface area contributed by atoms with Crippen molar-refractivity contribution in [1.82, 2.24) is 20.4 Å². The van der Waals surface area contributed by atoms with Gasteiger partial charge in [-0.05, 0) is 60.9 Å². The molecule has 2 aliphatic heterocycles. The first-order valence-corrected chi connectivity index (χ1v) is 18.6. The largest absolute Gasteiger partial charge is 0.467 e. The van der Waals surface area contributed by atoms with Crippen LogP contribution in [-0.2, 0) is 49.7 Å². The molecule has 2 aliphatic rings. The summed E-state index contributed by atoms with van der Waals surface area (Å²) in [7, 11) is 2.82. The SMILES string of the molecule is C=C(CCC#CCOC(=C)NC1CC(C(=O)OC)N(C(=C)CCc2cccc(CN)c2)C1)NC1CC(C(=O)OC)N(C(=C)CCc2cccc(CN)c2)C1. The van der Waals surface area contributed by atoms with Gasteiger partial charge >= 0.3 is 11.9 Å². The number of hydrogen-bond acceptors (Lipinski definition) is 11. The summed E-state index contributed by atoms with van der Waals surface area (Å²) in [5.41, 5.74) is 18.8. The van der Waals surface area contributed by atoms with E-state index in [0.29, 0.717) is 64.2 Å². The van der Waals surface area contributed by atoms with Crippen LogP contribution >= 0.6 is 0 Å². The molecule has 11 nitrogen and oxygen atoms in total. The zero-order valence-electron chi connectivity index (χ0n) is 32.0. The second-order valence-electron chi connectivity index (χ2n) is 13.9. The lowest BCUT2D eigenvalue weighted by Gasteiger charge is -2.27. The van der Waals surface area contributed by atoms with E-state index in [1.807, 2.05) is 29.2 Å². The number of allylic oxidation sites excluding steroid dienone is 3. The second kappa shape index (κ2) is 20.9. The summed E-state index contributed by atoms with van der Waals surface area (Å²) in [5, 5.41) is 6.79. The van der Waals surface area contributed by atoms with Gasteiger partial charge in [-0.3, -0.25) is 0 Å². The lowest BCUT2D eigenvalue weighted by atomic mass is 10.0. The molecule has 0 spiro atoms. The van der Waals surface area contributed by atoms with Crippen LogP contribution in [0.3, 0.4) is 0 Å². The van der Waals surface area contributed by atoms with Crippen molar-refractivity contribution in [3.8, 4) is 11.8 Å². The molecule has 0 saturated carbocycles. The minimum atomic E-state index is -0.438. The molecule has 2 aromatic carbocycles. The van der Waals surface area contributed by atoms with Crippen molar-refractivity contribution in [3.05, 3.63) is 120 Å². The Balaban J connectivity index is 1.17. The average molecular weight is 739 g/mol. The topological polar surface area (TPSA) is 144 Å². The molecule has 0 radical (unpaired) electrons. The number of carbonyl (C=O) groups is 2. The second-order valence-corrected chi connectivity index (χ2v) is 13.9. The van der Waals surface area contributed by atoms with Gasteiger partial charge in [0, 0.05) is 74.6 Å². The molecule has 54 heavy (non-hydrogen) atoms. The number of methoxy groups -OCH3 is 2. The van der Waals surface area contributed by atoms with Crippen LogP contribution in [0.15, 0.2) is 97.8 Å². The standard InChI is InChI=1S/C43H58N6O5/c1-30(46-38-24-40(42(50)52-5)48(28-38)31(2)17-19-34-13-10-15-36(22-34)26-44)12-8-7-9-21-54-33(4)47-39-25-41(43(51)53-6)49(29-39)32(3)18-20-35-14-11-16-37(23-35)27-45/h10-11,13-16,22-23,38-41,46-47H,1-4,8,12,17-21,24-29,44-45H2,5-6H3. The van der Waals surface area contributed by atoms with E-state index in [9.17, 15) is 9.59 Å². The first-order valence-electron chi connectivity index (χ1n) is 18.6. The number of nitrogens with two attached hydrogens (primary N) is 2. The van der Waals surface area contributed by atoms with E-state index < -0.39 is 12.1 Å². The molecule has 4 rings (SSSR count). The number of esters is 2. The summed E-state index contributed by atoms with van der Waals surface area (Å²) >= 11 is 0. The Bertz CT molecular complexity index is 1590. The van der Waals surface area contributed by atoms with E-state index in [4.69, 9.17) is 25.7 Å². The van der Waals surface area contributed by atoms with Gasteiger partial charge in [0.1, 0.15) is 12.1 Å². The van der Waals surface area contributed by atoms with Crippen LogP contribution in [-0.4, -0.2) is 79.8 Å². The zero-order valence-corrected chi connectivity index (χ0v) is 32.0. The number of carbonyl (C=O) groups excluding carboxylic acids is 2. The Kier molecular flexibility index (Phi) is 16.1. The van der Waals surface area contributed by atoms with Crippen LogP contribution in [0.2, 0.25) is 0 Å². The number of hydrogen-bond donors (Lipinski definition) is 4. The summed E-state index contributed by atoms with van der Waals surface area (Å²) in [5.74, 6) is 6.02. The molecule has 2 saturated heterocycles. The lowest BCUT2D eigenvalue weighted by molar-refractivity contribution is -0.146. The van der Waals surface area contributed by atoms with E-state index in [1.54, 1.807) is 0 Å². The minimum absolute atomic E-state index is 0.0282. The molecule has 6 N–H and O–H groups in total. The predicted octanol–water partition coefficient (Wildman–Crippen LogP) is 4.39. The van der Waals surface area contributed by atoms with E-state index in [0.717, 1.165) is 47.5 Å². The molecule has 290 valence electrons. The Hall–Kier alpha value is -5.18. The van der Waals surface area contributed by atoms with Crippen molar-refractivity contribution in [3.63, 3.8) is 0 Å². The molecule has 4 atom stereocenters. The van der Waals surface area contributed by atoms with Gasteiger partial charge in [0.05, 0.1) is 14.2 Å². The van der Waals surface area contributed by atoms with E-state index in [-0.39, 0.29) is 30.6 Å². The third kappa shape index (κ3) is 12.2. The normalized spacial score (nSPS) is 19.0. The van der Waals surface area contributed by atoms with Crippen LogP contribution < -0.4 is 22.1 Å². The van der Waals surface area contributed by atoms with Gasteiger partial charge in [-0.15, -0.1) is 0 Å². The van der Waals surface area contributed by atoms with E-state index in [1.165, 1.54) is 25.3 Å². The first kappa shape index (κ1) is 41.6. The quantitative estimate of drug-likeness (QED) is 0.0873. The number of nitrogens with zero attached hydrogens (tertiary/aromatic N) is 2. The Morgan fingerprint density at radius 2 is 1.22 bits per heavy atom. The zero-order chi connectivity index (χ0) is 39.0. The maximum Gasteiger partial charge on any atom is 0.328 e. The Morgan fingerprint density at radius 1 is 0.741 bits per heavy atom. The molecule has 0 amide bonds. The summed E-state index contributed by atoms with van der Waals surface area (Å²) in [6.45, 7) is 19.2. The predicted molar refractivity (Wildman–Crippen MR) is 213 cm³/mol. The van der Waals surface area contributed by atoms with Crippen molar-refractivity contribution in [2.45, 2.75) is 88.6 Å². The van der Waals surface area contributed by atoms with Crippen LogP contribution in [0, 0.1) is 11.8 Å². The minimum Gasteiger partial charge on any atom is -0.467 e. The first-order chi connectivity index (χ1) is 26.0. The number of nitrogens with one attached hydrogen (secondary N) is 2. The van der Waals surface area contributed by atoms with Crippen molar-refractivity contribution >= 4 is 11.9 Å². The Morgan fingerprint density at radius 3 is 1.70 bits per heavy atom. The fraction of sp³-hybridized carbons (Fsp3) is 0.442. The van der Waals surface area contributed by atoms with Crippen molar-refractivity contribution in [2.75, 3.05) is 33.9 Å². The van der Waals surface area contributed by atoms with E-state index >= 15 is 0 Å². The number of rotatable bonds is 20. The number of ether oxygens (including phenoxy) is 3. The third-order valence-electron chi connectivity index (χ3n) is 9.99. The molecular weight excluding hydrogens is 681 g/mol. The number of benzene rings is 2. The fourth-order valence-electron chi connectivity index (χ4n) is 7.09. The molecule has 2 aromatic rings. The fourth-order valence-corrected chi connectivity index (χ4v) is 7.09. The van der Waals surface area contributed by atoms with Crippen LogP contribution in [0.1, 0.15) is 60.8 Å². The maximum absolute atomic E-state index is 12.7. The molecular formula is C43H58N6O5. The number of aryl methyl sites for hydroxylation is 2.